The minimum absolute atomic E-state index is 0.463. The Labute approximate surface area is 187 Å². The third kappa shape index (κ3) is 5.58. The summed E-state index contributed by atoms with van der Waals surface area (Å²) in [4.78, 5) is 4.92. The minimum atomic E-state index is 0.463. The molecule has 4 nitrogen and oxygen atoms in total. The monoisotopic (exact) mass is 508 g/mol. The molecule has 1 heterocycles. The first kappa shape index (κ1) is 21.3. The molecule has 28 heavy (non-hydrogen) atoms. The number of halogens is 1. The van der Waals surface area contributed by atoms with Crippen molar-refractivity contribution >= 4 is 51.3 Å². The van der Waals surface area contributed by atoms with Gasteiger partial charge in [0, 0.05) is 25.7 Å². The van der Waals surface area contributed by atoms with Crippen LogP contribution in [0.1, 0.15) is 25.3 Å². The summed E-state index contributed by atoms with van der Waals surface area (Å²) in [5, 5.41) is 4.12. The van der Waals surface area contributed by atoms with Crippen molar-refractivity contribution in [2.45, 2.75) is 36.3 Å². The zero-order valence-electron chi connectivity index (χ0n) is 16.4. The smallest absolute Gasteiger partial charge is 0.173 e. The summed E-state index contributed by atoms with van der Waals surface area (Å²) in [5.41, 5.74) is 9.09. The van der Waals surface area contributed by atoms with Gasteiger partial charge in [0.1, 0.15) is 0 Å². The van der Waals surface area contributed by atoms with E-state index < -0.39 is 0 Å². The maximum Gasteiger partial charge on any atom is 0.173 e. The number of hydrogen-bond acceptors (Lipinski definition) is 3. The van der Waals surface area contributed by atoms with Gasteiger partial charge < -0.3 is 16.0 Å². The maximum absolute atomic E-state index is 6.06. The van der Waals surface area contributed by atoms with Crippen LogP contribution in [0.25, 0.3) is 0 Å². The van der Waals surface area contributed by atoms with Crippen LogP contribution in [-0.4, -0.2) is 44.6 Å². The summed E-state index contributed by atoms with van der Waals surface area (Å²) in [6.45, 7) is 5.29. The highest BCUT2D eigenvalue weighted by Gasteiger charge is 2.30. The Morgan fingerprint density at radius 3 is 2.61 bits per heavy atom. The number of nitrogens with two attached hydrogens (primary N) is 1. The molecule has 0 radical (unpaired) electrons. The van der Waals surface area contributed by atoms with Crippen LogP contribution in [-0.2, 0) is 6.42 Å². The summed E-state index contributed by atoms with van der Waals surface area (Å²) in [5.74, 6) is 0. The van der Waals surface area contributed by atoms with E-state index in [0.29, 0.717) is 10.1 Å². The summed E-state index contributed by atoms with van der Waals surface area (Å²) in [6.07, 6.45) is 3.36. The number of likely N-dealkylation sites (tertiary alicyclic amines) is 1. The van der Waals surface area contributed by atoms with Gasteiger partial charge in [-0.2, -0.15) is 0 Å². The summed E-state index contributed by atoms with van der Waals surface area (Å²) in [6, 6.07) is 19.0. The number of anilines is 2. The number of para-hydroxylation sites is 2. The molecule has 1 saturated heterocycles. The molecular formula is C22H29IN4S. The van der Waals surface area contributed by atoms with Gasteiger partial charge in [0.05, 0.1) is 15.4 Å². The molecule has 0 amide bonds. The van der Waals surface area contributed by atoms with Crippen LogP contribution in [0.5, 0.6) is 0 Å². The number of nitrogens with zero attached hydrogens (tertiary/aromatic N) is 2. The first-order chi connectivity index (χ1) is 13.6. The Morgan fingerprint density at radius 2 is 1.93 bits per heavy atom. The Bertz CT molecular complexity index is 770. The zero-order chi connectivity index (χ0) is 19.9. The molecule has 150 valence electrons. The van der Waals surface area contributed by atoms with E-state index >= 15 is 0 Å². The van der Waals surface area contributed by atoms with E-state index in [4.69, 9.17) is 18.0 Å². The average Bonchev–Trinajstić information content (AvgIpc) is 2.70. The maximum atomic E-state index is 6.06. The highest BCUT2D eigenvalue weighted by Crippen LogP contribution is 2.27. The summed E-state index contributed by atoms with van der Waals surface area (Å²) in [7, 11) is 0. The summed E-state index contributed by atoms with van der Waals surface area (Å²) < 4.78 is 0.527. The van der Waals surface area contributed by atoms with E-state index in [0.717, 1.165) is 55.4 Å². The molecule has 3 N–H and O–H groups in total. The molecule has 0 aliphatic carbocycles. The lowest BCUT2D eigenvalue weighted by molar-refractivity contribution is 0.149. The third-order valence-electron chi connectivity index (χ3n) is 5.39. The highest BCUT2D eigenvalue weighted by molar-refractivity contribution is 14.1. The molecule has 3 rings (SSSR count). The van der Waals surface area contributed by atoms with Crippen LogP contribution in [0.15, 0.2) is 54.6 Å². The average molecular weight is 508 g/mol. The van der Waals surface area contributed by atoms with E-state index in [1.165, 1.54) is 5.56 Å². The number of thiocarbonyl (C=S) groups is 1. The minimum Gasteiger partial charge on any atom is -0.397 e. The van der Waals surface area contributed by atoms with Gasteiger partial charge in [-0.1, -0.05) is 65.1 Å². The molecule has 1 aliphatic heterocycles. The fraction of sp³-hybridized carbons (Fsp3) is 0.409. The van der Waals surface area contributed by atoms with Crippen molar-refractivity contribution in [3.63, 3.8) is 0 Å². The van der Waals surface area contributed by atoms with E-state index in [-0.39, 0.29) is 0 Å². The van der Waals surface area contributed by atoms with Gasteiger partial charge in [0.15, 0.2) is 5.11 Å². The molecule has 1 aliphatic rings. The molecule has 0 spiro atoms. The lowest BCUT2D eigenvalue weighted by Gasteiger charge is -2.42. The number of rotatable bonds is 6. The molecule has 6 heteroatoms. The largest absolute Gasteiger partial charge is 0.397 e. The topological polar surface area (TPSA) is 44.5 Å². The number of hydrogen-bond donors (Lipinski definition) is 2. The molecule has 0 saturated carbocycles. The number of nitrogen functional groups attached to an aromatic ring is 1. The molecule has 1 fully saturated rings. The van der Waals surface area contributed by atoms with Crippen molar-refractivity contribution in [1.82, 2.24) is 9.80 Å². The fourth-order valence-corrected chi connectivity index (χ4v) is 5.30. The Hall–Kier alpha value is -1.38. The second kappa shape index (κ2) is 10.4. The normalized spacial score (nSPS) is 19.9. The van der Waals surface area contributed by atoms with Gasteiger partial charge in [-0.15, -0.1) is 0 Å². The molecule has 2 aromatic carbocycles. The Morgan fingerprint density at radius 1 is 1.21 bits per heavy atom. The second-order valence-electron chi connectivity index (χ2n) is 7.19. The predicted molar refractivity (Wildman–Crippen MR) is 132 cm³/mol. The lowest BCUT2D eigenvalue weighted by Crippen LogP contribution is -2.51. The van der Waals surface area contributed by atoms with Crippen molar-refractivity contribution in [1.29, 1.82) is 0 Å². The Kier molecular flexibility index (Phi) is 7.93. The zero-order valence-corrected chi connectivity index (χ0v) is 19.3. The Balaban J connectivity index is 1.55. The van der Waals surface area contributed by atoms with Crippen LogP contribution < -0.4 is 11.1 Å². The van der Waals surface area contributed by atoms with Crippen molar-refractivity contribution in [3.05, 3.63) is 60.2 Å². The van der Waals surface area contributed by atoms with E-state index in [9.17, 15) is 0 Å². The fourth-order valence-electron chi connectivity index (χ4n) is 3.76. The van der Waals surface area contributed by atoms with Gasteiger partial charge in [0.25, 0.3) is 0 Å². The van der Waals surface area contributed by atoms with Crippen LogP contribution in [0.2, 0.25) is 0 Å². The SMILES string of the molecule is CCN(C(=S)Nc1ccccc1N)C1CCN(CCc2ccccc2)C(I)C1. The molecular weight excluding hydrogens is 479 g/mol. The second-order valence-corrected chi connectivity index (χ2v) is 9.01. The van der Waals surface area contributed by atoms with Crippen LogP contribution >= 0.6 is 34.8 Å². The number of piperidine rings is 1. The summed E-state index contributed by atoms with van der Waals surface area (Å²) >= 11 is 8.32. The van der Waals surface area contributed by atoms with Gasteiger partial charge in [-0.05, 0) is 56.1 Å². The first-order valence-electron chi connectivity index (χ1n) is 9.92. The van der Waals surface area contributed by atoms with Crippen LogP contribution in [0.3, 0.4) is 0 Å². The first-order valence-corrected chi connectivity index (χ1v) is 11.6. The third-order valence-corrected chi connectivity index (χ3v) is 7.02. The quantitative estimate of drug-likeness (QED) is 0.194. The van der Waals surface area contributed by atoms with E-state index in [1.54, 1.807) is 0 Å². The van der Waals surface area contributed by atoms with E-state index in [2.05, 4.69) is 75.0 Å². The number of nitrogens with one attached hydrogen (secondary N) is 1. The standard InChI is InChI=1S/C22H29IN4S/c1-2-27(22(28)25-20-11-7-6-10-19(20)24)18-13-15-26(21(23)16-18)14-12-17-8-4-3-5-9-17/h3-11,18,21H,2,12-16,24H2,1H3,(H,25,28). The molecule has 2 unspecified atom stereocenters. The molecule has 2 aromatic rings. The predicted octanol–water partition coefficient (Wildman–Crippen LogP) is 4.76. The van der Waals surface area contributed by atoms with Crippen LogP contribution in [0, 0.1) is 0 Å². The van der Waals surface area contributed by atoms with Crippen molar-refractivity contribution < 1.29 is 0 Å². The highest BCUT2D eigenvalue weighted by atomic mass is 127. The lowest BCUT2D eigenvalue weighted by atomic mass is 10.0. The van der Waals surface area contributed by atoms with Crippen molar-refractivity contribution in [2.75, 3.05) is 30.7 Å². The van der Waals surface area contributed by atoms with Crippen molar-refractivity contribution in [2.24, 2.45) is 0 Å². The number of alkyl halides is 1. The number of benzene rings is 2. The van der Waals surface area contributed by atoms with Gasteiger partial charge in [-0.3, -0.25) is 4.90 Å². The molecule has 0 aromatic heterocycles. The van der Waals surface area contributed by atoms with Gasteiger partial charge in [-0.25, -0.2) is 0 Å². The van der Waals surface area contributed by atoms with Crippen molar-refractivity contribution in [3.8, 4) is 0 Å². The van der Waals surface area contributed by atoms with Crippen LogP contribution in [0.4, 0.5) is 11.4 Å². The molecule has 0 bridgehead atoms. The van der Waals surface area contributed by atoms with Gasteiger partial charge in [0.2, 0.25) is 0 Å². The van der Waals surface area contributed by atoms with E-state index in [1.807, 2.05) is 24.3 Å². The molecule has 2 atom stereocenters. The van der Waals surface area contributed by atoms with Gasteiger partial charge >= 0.3 is 0 Å².